The minimum atomic E-state index is -0.368. The van der Waals surface area contributed by atoms with E-state index in [0.29, 0.717) is 29.4 Å². The van der Waals surface area contributed by atoms with Gasteiger partial charge in [0.25, 0.3) is 5.91 Å². The Balaban J connectivity index is 1.20. The van der Waals surface area contributed by atoms with Crippen molar-refractivity contribution in [3.8, 4) is 0 Å². The molecular formula is C27H34N4O2. The van der Waals surface area contributed by atoms with Gasteiger partial charge in [0.05, 0.1) is 11.3 Å². The fourth-order valence-corrected chi connectivity index (χ4v) is 6.39. The van der Waals surface area contributed by atoms with Gasteiger partial charge in [-0.1, -0.05) is 18.6 Å². The number of carbonyl (C=O) groups excluding carboxylic acids is 2. The molecule has 0 bridgehead atoms. The van der Waals surface area contributed by atoms with Gasteiger partial charge in [-0.25, -0.2) is 0 Å². The summed E-state index contributed by atoms with van der Waals surface area (Å²) in [5, 5.41) is 0. The molecule has 2 aliphatic heterocycles. The maximum Gasteiger partial charge on any atom is 0.255 e. The molecule has 3 heterocycles. The predicted molar refractivity (Wildman–Crippen MR) is 128 cm³/mol. The van der Waals surface area contributed by atoms with Gasteiger partial charge in [0, 0.05) is 44.0 Å². The lowest BCUT2D eigenvalue weighted by atomic mass is 9.80. The molecule has 6 nitrogen and oxygen atoms in total. The van der Waals surface area contributed by atoms with Crippen LogP contribution in [0.15, 0.2) is 36.5 Å². The van der Waals surface area contributed by atoms with Gasteiger partial charge in [0.1, 0.15) is 0 Å². The van der Waals surface area contributed by atoms with Crippen LogP contribution >= 0.6 is 0 Å². The first-order valence-electron chi connectivity index (χ1n) is 12.3. The van der Waals surface area contributed by atoms with Crippen molar-refractivity contribution in [3.05, 3.63) is 64.5 Å². The minimum Gasteiger partial charge on any atom is -0.366 e. The summed E-state index contributed by atoms with van der Waals surface area (Å²) in [6.45, 7) is 7.84. The zero-order valence-electron chi connectivity index (χ0n) is 19.7. The predicted octanol–water partition coefficient (Wildman–Crippen LogP) is 3.53. The van der Waals surface area contributed by atoms with Crippen LogP contribution in [-0.2, 0) is 0 Å². The average Bonchev–Trinajstić information content (AvgIpc) is 3.39. The van der Waals surface area contributed by atoms with Crippen LogP contribution in [0.4, 0.5) is 0 Å². The molecule has 1 aromatic carbocycles. The number of carbonyl (C=O) groups is 2. The van der Waals surface area contributed by atoms with Gasteiger partial charge in [-0.15, -0.1) is 0 Å². The normalized spacial score (nSPS) is 27.5. The van der Waals surface area contributed by atoms with E-state index in [9.17, 15) is 9.59 Å². The van der Waals surface area contributed by atoms with E-state index in [-0.39, 0.29) is 11.8 Å². The molecule has 1 aliphatic carbocycles. The Morgan fingerprint density at radius 2 is 1.67 bits per heavy atom. The fraction of sp³-hybridized carbons (Fsp3) is 0.519. The Morgan fingerprint density at radius 1 is 0.970 bits per heavy atom. The van der Waals surface area contributed by atoms with Gasteiger partial charge in [-0.05, 0) is 80.2 Å². The van der Waals surface area contributed by atoms with E-state index in [4.69, 9.17) is 5.73 Å². The van der Waals surface area contributed by atoms with Crippen LogP contribution in [0.2, 0.25) is 0 Å². The van der Waals surface area contributed by atoms with Crippen molar-refractivity contribution in [2.24, 2.45) is 17.6 Å². The van der Waals surface area contributed by atoms with Crippen LogP contribution in [0.3, 0.4) is 0 Å². The van der Waals surface area contributed by atoms with E-state index >= 15 is 0 Å². The summed E-state index contributed by atoms with van der Waals surface area (Å²) >= 11 is 0. The number of aromatic nitrogens is 1. The molecular weight excluding hydrogens is 412 g/mol. The molecule has 2 N–H and O–H groups in total. The number of fused-ring (bicyclic) bond motifs is 1. The molecule has 33 heavy (non-hydrogen) atoms. The van der Waals surface area contributed by atoms with Crippen molar-refractivity contribution < 1.29 is 9.59 Å². The van der Waals surface area contributed by atoms with Crippen LogP contribution in [0.5, 0.6) is 0 Å². The van der Waals surface area contributed by atoms with Crippen LogP contribution in [0.1, 0.15) is 69.1 Å². The van der Waals surface area contributed by atoms with Gasteiger partial charge in [-0.2, -0.15) is 0 Å². The zero-order chi connectivity index (χ0) is 23.1. The molecule has 3 fully saturated rings. The first-order chi connectivity index (χ1) is 15.9. The van der Waals surface area contributed by atoms with Crippen LogP contribution < -0.4 is 5.73 Å². The van der Waals surface area contributed by atoms with E-state index < -0.39 is 0 Å². The van der Waals surface area contributed by atoms with Gasteiger partial charge < -0.3 is 10.6 Å². The molecule has 4 unspecified atom stereocenters. The first-order valence-corrected chi connectivity index (χ1v) is 12.3. The molecule has 2 saturated heterocycles. The lowest BCUT2D eigenvalue weighted by molar-refractivity contribution is 0.0762. The summed E-state index contributed by atoms with van der Waals surface area (Å²) in [5.74, 6) is 1.47. The van der Waals surface area contributed by atoms with E-state index in [0.717, 1.165) is 43.0 Å². The number of pyridine rings is 1. The Labute approximate surface area is 196 Å². The largest absolute Gasteiger partial charge is 0.366 e. The Bertz CT molecular complexity index is 1020. The zero-order valence-corrected chi connectivity index (χ0v) is 19.7. The van der Waals surface area contributed by atoms with Gasteiger partial charge in [0.2, 0.25) is 5.91 Å². The molecule has 5 rings (SSSR count). The number of likely N-dealkylation sites (tertiary alicyclic amines) is 2. The fourth-order valence-electron chi connectivity index (χ4n) is 6.39. The first kappa shape index (κ1) is 22.1. The molecule has 174 valence electrons. The maximum atomic E-state index is 13.2. The molecule has 4 atom stereocenters. The third-order valence-corrected chi connectivity index (χ3v) is 8.19. The van der Waals surface area contributed by atoms with Crippen molar-refractivity contribution in [1.29, 1.82) is 0 Å². The maximum absolute atomic E-state index is 13.2. The highest BCUT2D eigenvalue weighted by Crippen LogP contribution is 2.40. The molecule has 0 radical (unpaired) electrons. The number of benzene rings is 1. The Kier molecular flexibility index (Phi) is 5.95. The van der Waals surface area contributed by atoms with Gasteiger partial charge >= 0.3 is 0 Å². The highest BCUT2D eigenvalue weighted by atomic mass is 16.2. The van der Waals surface area contributed by atoms with Crippen LogP contribution in [0, 0.1) is 25.7 Å². The SMILES string of the molecule is Cc1ccnc(C)c1C(=O)N1CC2CN(C3CCCC(c4ccc(C(N)=O)cc4)C3)CC2C1. The van der Waals surface area contributed by atoms with Crippen LogP contribution in [0.25, 0.3) is 0 Å². The second-order valence-corrected chi connectivity index (χ2v) is 10.3. The standard InChI is InChI=1S/C27H34N4O2/c1-17-10-11-29-18(2)25(17)27(33)31-15-22-13-30(14-23(22)16-31)24-5-3-4-21(12-24)19-6-8-20(9-7-19)26(28)32/h6-11,21-24H,3-5,12-16H2,1-2H3,(H2,28,32). The number of amides is 2. The van der Waals surface area contributed by atoms with Gasteiger partial charge in [0.15, 0.2) is 0 Å². The number of hydrogen-bond acceptors (Lipinski definition) is 4. The molecule has 6 heteroatoms. The minimum absolute atomic E-state index is 0.149. The monoisotopic (exact) mass is 446 g/mol. The highest BCUT2D eigenvalue weighted by molar-refractivity contribution is 5.96. The molecule has 2 amide bonds. The number of nitrogens with two attached hydrogens (primary N) is 1. The third-order valence-electron chi connectivity index (χ3n) is 8.19. The van der Waals surface area contributed by atoms with E-state index in [1.807, 2.05) is 32.0 Å². The average molecular weight is 447 g/mol. The second kappa shape index (κ2) is 8.90. The van der Waals surface area contributed by atoms with Crippen LogP contribution in [-0.4, -0.2) is 58.8 Å². The lowest BCUT2D eigenvalue weighted by Crippen LogP contribution is -2.40. The topological polar surface area (TPSA) is 79.5 Å². The molecule has 0 spiro atoms. The molecule has 3 aliphatic rings. The highest BCUT2D eigenvalue weighted by Gasteiger charge is 2.44. The summed E-state index contributed by atoms with van der Waals surface area (Å²) < 4.78 is 0. The van der Waals surface area contributed by atoms with Crippen molar-refractivity contribution in [2.45, 2.75) is 51.5 Å². The molecule has 2 aromatic rings. The second-order valence-electron chi connectivity index (χ2n) is 10.3. The summed E-state index contributed by atoms with van der Waals surface area (Å²) in [6, 6.07) is 10.4. The number of rotatable bonds is 4. The summed E-state index contributed by atoms with van der Waals surface area (Å²) in [7, 11) is 0. The number of hydrogen-bond donors (Lipinski definition) is 1. The summed E-state index contributed by atoms with van der Waals surface area (Å²) in [4.78, 5) is 33.7. The smallest absolute Gasteiger partial charge is 0.255 e. The quantitative estimate of drug-likeness (QED) is 0.779. The lowest BCUT2D eigenvalue weighted by Gasteiger charge is -2.36. The van der Waals surface area contributed by atoms with E-state index in [1.54, 1.807) is 6.20 Å². The Morgan fingerprint density at radius 3 is 2.30 bits per heavy atom. The number of primary amides is 1. The number of nitrogens with zero attached hydrogens (tertiary/aromatic N) is 3. The molecule has 1 aromatic heterocycles. The van der Waals surface area contributed by atoms with Crippen molar-refractivity contribution in [3.63, 3.8) is 0 Å². The van der Waals surface area contributed by atoms with E-state index in [2.05, 4.69) is 26.9 Å². The Hall–Kier alpha value is -2.73. The van der Waals surface area contributed by atoms with Crippen molar-refractivity contribution >= 4 is 11.8 Å². The van der Waals surface area contributed by atoms with Crippen molar-refractivity contribution in [1.82, 2.24) is 14.8 Å². The number of aryl methyl sites for hydroxylation is 2. The third kappa shape index (κ3) is 4.29. The van der Waals surface area contributed by atoms with Gasteiger partial charge in [-0.3, -0.25) is 19.5 Å². The summed E-state index contributed by atoms with van der Waals surface area (Å²) in [5.41, 5.74) is 9.93. The summed E-state index contributed by atoms with van der Waals surface area (Å²) in [6.07, 6.45) is 6.65. The van der Waals surface area contributed by atoms with E-state index in [1.165, 1.54) is 31.2 Å². The molecule has 1 saturated carbocycles. The van der Waals surface area contributed by atoms with Crippen molar-refractivity contribution in [2.75, 3.05) is 26.2 Å².